The van der Waals surface area contributed by atoms with E-state index in [1.54, 1.807) is 11.8 Å². The van der Waals surface area contributed by atoms with E-state index in [0.717, 1.165) is 11.5 Å². The summed E-state index contributed by atoms with van der Waals surface area (Å²) in [5, 5.41) is 2.31. The van der Waals surface area contributed by atoms with Gasteiger partial charge in [-0.05, 0) is 5.75 Å². The first-order chi connectivity index (χ1) is 5.06. The third-order valence-corrected chi connectivity index (χ3v) is 1.85. The molecule has 0 amide bonds. The molecule has 0 radical (unpaired) electrons. The van der Waals surface area contributed by atoms with Gasteiger partial charge in [0.25, 0.3) is 0 Å². The van der Waals surface area contributed by atoms with Crippen LogP contribution in [0.2, 0.25) is 0 Å². The first kappa shape index (κ1) is 11.1. The molecule has 0 heterocycles. The van der Waals surface area contributed by atoms with Gasteiger partial charge in [-0.25, -0.2) is 0 Å². The molecule has 5 heteroatoms. The van der Waals surface area contributed by atoms with Crippen molar-refractivity contribution in [2.45, 2.75) is 13.1 Å². The van der Waals surface area contributed by atoms with Crippen LogP contribution in [0.15, 0.2) is 0 Å². The molecule has 0 aromatic carbocycles. The highest BCUT2D eigenvalue weighted by Crippen LogP contribution is 2.11. The van der Waals surface area contributed by atoms with Crippen molar-refractivity contribution in [2.24, 2.45) is 0 Å². The van der Waals surface area contributed by atoms with Crippen molar-refractivity contribution in [1.82, 2.24) is 5.32 Å². The Morgan fingerprint density at radius 2 is 2.00 bits per heavy atom. The molecule has 0 fully saturated rings. The molecule has 0 spiro atoms. The molecule has 0 saturated heterocycles. The Kier molecular flexibility index (Phi) is 5.76. The summed E-state index contributed by atoms with van der Waals surface area (Å²) >= 11 is 1.63. The number of rotatable bonds is 5. The predicted octanol–water partition coefficient (Wildman–Crippen LogP) is 1.89. The fraction of sp³-hybridized carbons (Fsp3) is 1.00. The SMILES string of the molecule is CCSCCNCC(F)(F)F. The van der Waals surface area contributed by atoms with Crippen LogP contribution in [0, 0.1) is 0 Å². The molecule has 0 unspecified atom stereocenters. The molecule has 0 saturated carbocycles. The van der Waals surface area contributed by atoms with Crippen LogP contribution >= 0.6 is 11.8 Å². The molecule has 1 nitrogen and oxygen atoms in total. The van der Waals surface area contributed by atoms with Crippen LogP contribution in [0.5, 0.6) is 0 Å². The summed E-state index contributed by atoms with van der Waals surface area (Å²) in [6, 6.07) is 0. The topological polar surface area (TPSA) is 12.0 Å². The van der Waals surface area contributed by atoms with E-state index in [1.807, 2.05) is 6.92 Å². The fourth-order valence-electron chi connectivity index (χ4n) is 0.519. The average molecular weight is 187 g/mol. The summed E-state index contributed by atoms with van der Waals surface area (Å²) in [4.78, 5) is 0. The summed E-state index contributed by atoms with van der Waals surface area (Å²) in [6.45, 7) is 1.53. The van der Waals surface area contributed by atoms with Crippen LogP contribution in [-0.2, 0) is 0 Å². The van der Waals surface area contributed by atoms with Gasteiger partial charge in [-0.15, -0.1) is 0 Å². The normalized spacial score (nSPS) is 12.0. The molecule has 68 valence electrons. The highest BCUT2D eigenvalue weighted by Gasteiger charge is 2.25. The summed E-state index contributed by atoms with van der Waals surface area (Å²) in [7, 11) is 0. The molecule has 0 aromatic heterocycles. The van der Waals surface area contributed by atoms with Crippen molar-refractivity contribution in [1.29, 1.82) is 0 Å². The molecular formula is C6H12F3NS. The number of thioether (sulfide) groups is 1. The molecule has 0 aliphatic rings. The monoisotopic (exact) mass is 187 g/mol. The smallest absolute Gasteiger partial charge is 0.308 e. The largest absolute Gasteiger partial charge is 0.401 e. The predicted molar refractivity (Wildman–Crippen MR) is 41.9 cm³/mol. The van der Waals surface area contributed by atoms with Crippen LogP contribution in [-0.4, -0.2) is 30.8 Å². The van der Waals surface area contributed by atoms with E-state index in [0.29, 0.717) is 6.54 Å². The lowest BCUT2D eigenvalue weighted by Gasteiger charge is -2.06. The molecule has 0 aliphatic carbocycles. The maximum atomic E-state index is 11.5. The quantitative estimate of drug-likeness (QED) is 0.660. The Morgan fingerprint density at radius 3 is 2.45 bits per heavy atom. The van der Waals surface area contributed by atoms with Gasteiger partial charge >= 0.3 is 6.18 Å². The minimum absolute atomic E-state index is 0.429. The minimum Gasteiger partial charge on any atom is -0.308 e. The van der Waals surface area contributed by atoms with Crippen LogP contribution in [0.25, 0.3) is 0 Å². The molecule has 0 bridgehead atoms. The van der Waals surface area contributed by atoms with Crippen LogP contribution in [0.4, 0.5) is 13.2 Å². The summed E-state index contributed by atoms with van der Waals surface area (Å²) in [6.07, 6.45) is -4.07. The number of alkyl halides is 3. The fourth-order valence-corrected chi connectivity index (χ4v) is 1.10. The van der Waals surface area contributed by atoms with E-state index in [1.165, 1.54) is 0 Å². The van der Waals surface area contributed by atoms with Crippen molar-refractivity contribution in [3.05, 3.63) is 0 Å². The van der Waals surface area contributed by atoms with E-state index in [2.05, 4.69) is 5.32 Å². The van der Waals surface area contributed by atoms with Gasteiger partial charge < -0.3 is 5.32 Å². The van der Waals surface area contributed by atoms with E-state index >= 15 is 0 Å². The first-order valence-electron chi connectivity index (χ1n) is 3.41. The van der Waals surface area contributed by atoms with Gasteiger partial charge in [0.15, 0.2) is 0 Å². The van der Waals surface area contributed by atoms with Crippen LogP contribution < -0.4 is 5.32 Å². The Labute approximate surface area is 68.7 Å². The van der Waals surface area contributed by atoms with E-state index in [9.17, 15) is 13.2 Å². The summed E-state index contributed by atoms with van der Waals surface area (Å²) < 4.78 is 34.5. The highest BCUT2D eigenvalue weighted by atomic mass is 32.2. The van der Waals surface area contributed by atoms with E-state index in [4.69, 9.17) is 0 Å². The Bertz CT molecular complexity index is 94.3. The standard InChI is InChI=1S/C6H12F3NS/c1-2-11-4-3-10-5-6(7,8)9/h10H,2-5H2,1H3. The zero-order valence-electron chi connectivity index (χ0n) is 6.37. The van der Waals surface area contributed by atoms with Crippen LogP contribution in [0.1, 0.15) is 6.92 Å². The van der Waals surface area contributed by atoms with E-state index in [-0.39, 0.29) is 0 Å². The third-order valence-electron chi connectivity index (χ3n) is 0.953. The van der Waals surface area contributed by atoms with Crippen molar-refractivity contribution in [2.75, 3.05) is 24.6 Å². The molecule has 0 aromatic rings. The maximum Gasteiger partial charge on any atom is 0.401 e. The number of hydrogen-bond donors (Lipinski definition) is 1. The second-order valence-corrected chi connectivity index (χ2v) is 3.38. The molecule has 0 aliphatic heterocycles. The van der Waals surface area contributed by atoms with Gasteiger partial charge in [0.1, 0.15) is 0 Å². The number of nitrogens with one attached hydrogen (secondary N) is 1. The molecule has 1 N–H and O–H groups in total. The van der Waals surface area contributed by atoms with Gasteiger partial charge in [0.05, 0.1) is 6.54 Å². The lowest BCUT2D eigenvalue weighted by Crippen LogP contribution is -2.30. The Morgan fingerprint density at radius 1 is 1.36 bits per heavy atom. The van der Waals surface area contributed by atoms with Crippen molar-refractivity contribution < 1.29 is 13.2 Å². The second-order valence-electron chi connectivity index (χ2n) is 1.99. The van der Waals surface area contributed by atoms with Gasteiger partial charge in [0.2, 0.25) is 0 Å². The summed E-state index contributed by atoms with van der Waals surface area (Å²) in [5.41, 5.74) is 0. The Balaban J connectivity index is 3.02. The molecule has 11 heavy (non-hydrogen) atoms. The lowest BCUT2D eigenvalue weighted by atomic mass is 10.6. The zero-order valence-corrected chi connectivity index (χ0v) is 7.19. The molecule has 0 atom stereocenters. The highest BCUT2D eigenvalue weighted by molar-refractivity contribution is 7.99. The lowest BCUT2D eigenvalue weighted by molar-refractivity contribution is -0.124. The van der Waals surface area contributed by atoms with Gasteiger partial charge in [-0.1, -0.05) is 6.92 Å². The van der Waals surface area contributed by atoms with Crippen molar-refractivity contribution >= 4 is 11.8 Å². The molecular weight excluding hydrogens is 175 g/mol. The third kappa shape index (κ3) is 10.1. The summed E-state index contributed by atoms with van der Waals surface area (Å²) in [5.74, 6) is 1.69. The molecule has 0 rings (SSSR count). The van der Waals surface area contributed by atoms with Gasteiger partial charge in [-0.3, -0.25) is 0 Å². The van der Waals surface area contributed by atoms with Gasteiger partial charge in [-0.2, -0.15) is 24.9 Å². The maximum absolute atomic E-state index is 11.5. The first-order valence-corrected chi connectivity index (χ1v) is 4.57. The Hall–Kier alpha value is 0.100. The average Bonchev–Trinajstić information content (AvgIpc) is 1.85. The van der Waals surface area contributed by atoms with Gasteiger partial charge in [0, 0.05) is 12.3 Å². The van der Waals surface area contributed by atoms with E-state index < -0.39 is 12.7 Å². The second kappa shape index (κ2) is 5.71. The minimum atomic E-state index is -4.07. The number of halogens is 3. The number of hydrogen-bond acceptors (Lipinski definition) is 2. The van der Waals surface area contributed by atoms with Crippen LogP contribution in [0.3, 0.4) is 0 Å². The van der Waals surface area contributed by atoms with Crippen molar-refractivity contribution in [3.63, 3.8) is 0 Å². The zero-order chi connectivity index (χ0) is 8.74. The van der Waals surface area contributed by atoms with Crippen molar-refractivity contribution in [3.8, 4) is 0 Å².